The lowest BCUT2D eigenvalue weighted by atomic mass is 10.2. The van der Waals surface area contributed by atoms with Gasteiger partial charge in [-0.1, -0.05) is 12.1 Å². The quantitative estimate of drug-likeness (QED) is 0.649. The first kappa shape index (κ1) is 20.2. The molecule has 2 aromatic heterocycles. The van der Waals surface area contributed by atoms with Gasteiger partial charge >= 0.3 is 0 Å². The van der Waals surface area contributed by atoms with E-state index in [1.807, 2.05) is 23.1 Å². The van der Waals surface area contributed by atoms with E-state index in [0.29, 0.717) is 12.3 Å². The van der Waals surface area contributed by atoms with Gasteiger partial charge in [0.2, 0.25) is 0 Å². The largest absolute Gasteiger partial charge is 0.383 e. The summed E-state index contributed by atoms with van der Waals surface area (Å²) in [5.74, 6) is -0.807. The number of rotatable bonds is 7. The fraction of sp³-hybridized carbons (Fsp3) is 0.318. The van der Waals surface area contributed by atoms with Gasteiger partial charge in [-0.25, -0.2) is 4.39 Å². The highest BCUT2D eigenvalue weighted by molar-refractivity contribution is 6.04. The first-order valence-corrected chi connectivity index (χ1v) is 9.85. The molecular weight excluding hydrogens is 385 g/mol. The molecule has 3 aromatic rings. The maximum atomic E-state index is 13.4. The van der Waals surface area contributed by atoms with E-state index in [1.165, 1.54) is 18.2 Å². The summed E-state index contributed by atoms with van der Waals surface area (Å²) in [5.41, 5.74) is 2.01. The van der Waals surface area contributed by atoms with Crippen LogP contribution in [0.15, 0.2) is 61.2 Å². The molecule has 4 rings (SSSR count). The predicted octanol–water partition coefficient (Wildman–Crippen LogP) is 3.13. The number of nitrogens with one attached hydrogen (secondary N) is 1. The normalized spacial score (nSPS) is 19.1. The lowest BCUT2D eigenvalue weighted by Gasteiger charge is -2.23. The molecule has 0 bridgehead atoms. The first-order valence-electron chi connectivity index (χ1n) is 9.85. The number of carbonyl (C=O) groups is 1. The Bertz CT molecular complexity index is 994. The van der Waals surface area contributed by atoms with Crippen molar-refractivity contribution in [2.45, 2.75) is 25.0 Å². The van der Waals surface area contributed by atoms with Gasteiger partial charge in [0.05, 0.1) is 24.5 Å². The Kier molecular flexibility index (Phi) is 6.15. The second kappa shape index (κ2) is 9.15. The minimum absolute atomic E-state index is 0.168. The van der Waals surface area contributed by atoms with Crippen LogP contribution in [0.4, 0.5) is 10.1 Å². The third-order valence-electron chi connectivity index (χ3n) is 5.29. The molecule has 0 saturated carbocycles. The monoisotopic (exact) mass is 409 g/mol. The number of halogens is 1. The Labute approximate surface area is 174 Å². The first-order chi connectivity index (χ1) is 14.6. The standard InChI is InChI=1S/C22H24FN5O2/c1-30-15-21-9-20(14-27(21)12-16-4-3-7-24-10-16)28-13-19(11-25-28)26-22(29)17-5-2-6-18(23)8-17/h2-8,10-11,13,20-21H,9,12,14-15H2,1H3,(H,26,29)/t20-,21-/m0/s1. The van der Waals surface area contributed by atoms with E-state index in [9.17, 15) is 9.18 Å². The van der Waals surface area contributed by atoms with Crippen molar-refractivity contribution >= 4 is 11.6 Å². The van der Waals surface area contributed by atoms with Crippen LogP contribution in [-0.2, 0) is 11.3 Å². The fourth-order valence-corrected chi connectivity index (χ4v) is 3.87. The number of ether oxygens (including phenoxy) is 1. The molecule has 1 fully saturated rings. The summed E-state index contributed by atoms with van der Waals surface area (Å²) < 4.78 is 20.7. The summed E-state index contributed by atoms with van der Waals surface area (Å²) in [6.07, 6.45) is 7.98. The summed E-state index contributed by atoms with van der Waals surface area (Å²) in [7, 11) is 1.71. The molecule has 8 heteroatoms. The molecule has 0 radical (unpaired) electrons. The Balaban J connectivity index is 1.43. The molecule has 1 aliphatic rings. The average Bonchev–Trinajstić information content (AvgIpc) is 3.36. The molecular formula is C22H24FN5O2. The van der Waals surface area contributed by atoms with Gasteiger partial charge in [0, 0.05) is 50.4 Å². The number of hydrogen-bond donors (Lipinski definition) is 1. The van der Waals surface area contributed by atoms with E-state index in [2.05, 4.69) is 26.4 Å². The zero-order valence-electron chi connectivity index (χ0n) is 16.7. The van der Waals surface area contributed by atoms with Crippen LogP contribution in [0.1, 0.15) is 28.4 Å². The van der Waals surface area contributed by atoms with E-state index in [4.69, 9.17) is 4.74 Å². The SMILES string of the molecule is COC[C@@H]1C[C@H](n2cc(NC(=O)c3cccc(F)c3)cn2)CN1Cc1cccnc1. The van der Waals surface area contributed by atoms with Crippen molar-refractivity contribution in [2.24, 2.45) is 0 Å². The summed E-state index contributed by atoms with van der Waals surface area (Å²) >= 11 is 0. The molecule has 1 aromatic carbocycles. The Morgan fingerprint density at radius 1 is 1.30 bits per heavy atom. The molecule has 7 nitrogen and oxygen atoms in total. The molecule has 1 amide bonds. The van der Waals surface area contributed by atoms with Crippen LogP contribution in [-0.4, -0.2) is 51.9 Å². The molecule has 0 spiro atoms. The Morgan fingerprint density at radius 3 is 2.97 bits per heavy atom. The van der Waals surface area contributed by atoms with Crippen molar-refractivity contribution in [1.82, 2.24) is 19.7 Å². The molecule has 1 aliphatic heterocycles. The highest BCUT2D eigenvalue weighted by Gasteiger charge is 2.33. The van der Waals surface area contributed by atoms with Crippen LogP contribution >= 0.6 is 0 Å². The van der Waals surface area contributed by atoms with Crippen molar-refractivity contribution < 1.29 is 13.9 Å². The van der Waals surface area contributed by atoms with E-state index < -0.39 is 5.82 Å². The third-order valence-corrected chi connectivity index (χ3v) is 5.29. The van der Waals surface area contributed by atoms with Gasteiger partial charge in [0.15, 0.2) is 0 Å². The van der Waals surface area contributed by atoms with E-state index in [1.54, 1.807) is 25.6 Å². The molecule has 3 heterocycles. The number of likely N-dealkylation sites (tertiary alicyclic amines) is 1. The molecule has 2 atom stereocenters. The summed E-state index contributed by atoms with van der Waals surface area (Å²) in [4.78, 5) is 18.9. The number of pyridine rings is 1. The summed E-state index contributed by atoms with van der Waals surface area (Å²) in [6, 6.07) is 10.1. The average molecular weight is 409 g/mol. The van der Waals surface area contributed by atoms with Crippen molar-refractivity contribution in [2.75, 3.05) is 25.6 Å². The number of methoxy groups -OCH3 is 1. The van der Waals surface area contributed by atoms with Crippen LogP contribution in [0.25, 0.3) is 0 Å². The molecule has 1 N–H and O–H groups in total. The maximum absolute atomic E-state index is 13.4. The maximum Gasteiger partial charge on any atom is 0.255 e. The highest BCUT2D eigenvalue weighted by Crippen LogP contribution is 2.29. The van der Waals surface area contributed by atoms with Crippen LogP contribution in [0.5, 0.6) is 0 Å². The second-order valence-corrected chi connectivity index (χ2v) is 7.46. The van der Waals surface area contributed by atoms with Crippen molar-refractivity contribution in [3.05, 3.63) is 78.1 Å². The fourth-order valence-electron chi connectivity index (χ4n) is 3.87. The van der Waals surface area contributed by atoms with Gasteiger partial charge in [-0.15, -0.1) is 0 Å². The minimum atomic E-state index is -0.442. The second-order valence-electron chi connectivity index (χ2n) is 7.46. The Hall–Kier alpha value is -3.10. The summed E-state index contributed by atoms with van der Waals surface area (Å²) in [6.45, 7) is 2.26. The number of benzene rings is 1. The molecule has 1 saturated heterocycles. The molecule has 30 heavy (non-hydrogen) atoms. The van der Waals surface area contributed by atoms with Crippen LogP contribution in [0.3, 0.4) is 0 Å². The predicted molar refractivity (Wildman–Crippen MR) is 111 cm³/mol. The van der Waals surface area contributed by atoms with Crippen LogP contribution in [0.2, 0.25) is 0 Å². The van der Waals surface area contributed by atoms with Gasteiger partial charge in [-0.05, 0) is 36.2 Å². The van der Waals surface area contributed by atoms with Gasteiger partial charge in [0.25, 0.3) is 5.91 Å². The van der Waals surface area contributed by atoms with Gasteiger partial charge in [0.1, 0.15) is 5.82 Å². The van der Waals surface area contributed by atoms with Crippen molar-refractivity contribution in [1.29, 1.82) is 0 Å². The zero-order chi connectivity index (χ0) is 20.9. The van der Waals surface area contributed by atoms with E-state index in [-0.39, 0.29) is 23.6 Å². The zero-order valence-corrected chi connectivity index (χ0v) is 16.7. The Morgan fingerprint density at radius 2 is 2.20 bits per heavy atom. The van der Waals surface area contributed by atoms with Crippen LogP contribution in [0, 0.1) is 5.82 Å². The summed E-state index contributed by atoms with van der Waals surface area (Å²) in [5, 5.41) is 7.23. The third kappa shape index (κ3) is 4.72. The lowest BCUT2D eigenvalue weighted by Crippen LogP contribution is -2.32. The van der Waals surface area contributed by atoms with Crippen molar-refractivity contribution in [3.8, 4) is 0 Å². The molecule has 156 valence electrons. The lowest BCUT2D eigenvalue weighted by molar-refractivity contribution is 0.102. The number of amides is 1. The van der Waals surface area contributed by atoms with Gasteiger partial charge in [-0.3, -0.25) is 19.4 Å². The number of anilines is 1. The molecule has 0 aliphatic carbocycles. The van der Waals surface area contributed by atoms with Gasteiger partial charge in [-0.2, -0.15) is 5.10 Å². The van der Waals surface area contributed by atoms with E-state index in [0.717, 1.165) is 25.1 Å². The smallest absolute Gasteiger partial charge is 0.255 e. The number of aromatic nitrogens is 3. The minimum Gasteiger partial charge on any atom is -0.383 e. The molecule has 0 unspecified atom stereocenters. The number of hydrogen-bond acceptors (Lipinski definition) is 5. The number of carbonyl (C=O) groups excluding carboxylic acids is 1. The number of nitrogens with zero attached hydrogens (tertiary/aromatic N) is 4. The topological polar surface area (TPSA) is 72.3 Å². The van der Waals surface area contributed by atoms with Gasteiger partial charge < -0.3 is 10.1 Å². The highest BCUT2D eigenvalue weighted by atomic mass is 19.1. The van der Waals surface area contributed by atoms with E-state index >= 15 is 0 Å². The van der Waals surface area contributed by atoms with Crippen LogP contribution < -0.4 is 5.32 Å². The van der Waals surface area contributed by atoms with Crippen molar-refractivity contribution in [3.63, 3.8) is 0 Å².